The summed E-state index contributed by atoms with van der Waals surface area (Å²) in [7, 11) is 0. The van der Waals surface area contributed by atoms with Gasteiger partial charge in [-0.25, -0.2) is 0 Å². The Morgan fingerprint density at radius 2 is 1.86 bits per heavy atom. The minimum absolute atomic E-state index is 0.0461. The first kappa shape index (κ1) is 22.2. The summed E-state index contributed by atoms with van der Waals surface area (Å²) in [4.78, 5) is 48.3. The first-order valence-electron chi connectivity index (χ1n) is 8.66. The van der Waals surface area contributed by atoms with Crippen molar-refractivity contribution in [1.82, 2.24) is 10.2 Å². The largest absolute Gasteiger partial charge is 0.493 e. The Morgan fingerprint density at radius 3 is 2.45 bits per heavy atom. The van der Waals surface area contributed by atoms with E-state index >= 15 is 0 Å². The van der Waals surface area contributed by atoms with E-state index in [1.807, 2.05) is 5.32 Å². The van der Waals surface area contributed by atoms with Gasteiger partial charge in [0.05, 0.1) is 13.0 Å². The van der Waals surface area contributed by atoms with Crippen molar-refractivity contribution in [2.75, 3.05) is 19.7 Å². The summed E-state index contributed by atoms with van der Waals surface area (Å²) in [6.45, 7) is -1.03. The average molecular weight is 416 g/mol. The van der Waals surface area contributed by atoms with Gasteiger partial charge in [-0.15, -0.1) is 0 Å². The molecule has 2 amide bonds. The Bertz CT molecular complexity index is 779. The number of hydrogen-bond acceptors (Lipinski definition) is 5. The van der Waals surface area contributed by atoms with Crippen LogP contribution in [0.4, 0.5) is 13.2 Å². The van der Waals surface area contributed by atoms with Crippen molar-refractivity contribution < 1.29 is 42.2 Å². The van der Waals surface area contributed by atoms with Crippen molar-refractivity contribution >= 4 is 23.6 Å². The van der Waals surface area contributed by atoms with Gasteiger partial charge in [0.15, 0.2) is 11.7 Å². The number of carbonyl (C=O) groups excluding carboxylic acids is 3. The molecule has 158 valence electrons. The van der Waals surface area contributed by atoms with E-state index in [1.165, 1.54) is 17.0 Å². The van der Waals surface area contributed by atoms with E-state index in [9.17, 15) is 32.3 Å². The maximum absolute atomic E-state index is 12.5. The monoisotopic (exact) mass is 416 g/mol. The Kier molecular flexibility index (Phi) is 7.18. The lowest BCUT2D eigenvalue weighted by Gasteiger charge is -2.30. The van der Waals surface area contributed by atoms with E-state index in [-0.39, 0.29) is 25.3 Å². The molecule has 1 heterocycles. The van der Waals surface area contributed by atoms with E-state index in [0.717, 1.165) is 0 Å². The molecule has 0 saturated carbocycles. The molecule has 0 aliphatic carbocycles. The van der Waals surface area contributed by atoms with Crippen LogP contribution >= 0.6 is 0 Å². The molecule has 0 radical (unpaired) electrons. The van der Waals surface area contributed by atoms with Crippen LogP contribution in [0, 0.1) is 5.92 Å². The predicted octanol–water partition coefficient (Wildman–Crippen LogP) is 1.14. The van der Waals surface area contributed by atoms with Gasteiger partial charge in [0, 0.05) is 19.5 Å². The van der Waals surface area contributed by atoms with Crippen molar-refractivity contribution in [3.8, 4) is 5.75 Å². The number of rotatable bonds is 8. The third kappa shape index (κ3) is 6.77. The fourth-order valence-electron chi connectivity index (χ4n) is 2.70. The number of amides is 2. The summed E-state index contributed by atoms with van der Waals surface area (Å²) in [5.74, 6) is -4.92. The highest BCUT2D eigenvalue weighted by Crippen LogP contribution is 2.22. The molecule has 2 rings (SSSR count). The van der Waals surface area contributed by atoms with Gasteiger partial charge in [-0.05, 0) is 17.7 Å². The summed E-state index contributed by atoms with van der Waals surface area (Å²) in [5.41, 5.74) is 0.626. The molecule has 1 unspecified atom stereocenters. The van der Waals surface area contributed by atoms with Crippen LogP contribution in [0.15, 0.2) is 24.3 Å². The number of nitrogens with one attached hydrogen (secondary N) is 1. The number of ketones is 1. The molecule has 8 nitrogen and oxygen atoms in total. The number of aliphatic carboxylic acids is 1. The summed E-state index contributed by atoms with van der Waals surface area (Å²) in [6.07, 6.45) is -5.43. The number of hydrogen-bond donors (Lipinski definition) is 2. The van der Waals surface area contributed by atoms with Gasteiger partial charge in [-0.2, -0.15) is 13.2 Å². The first-order chi connectivity index (χ1) is 13.6. The second kappa shape index (κ2) is 9.39. The number of benzene rings is 1. The van der Waals surface area contributed by atoms with E-state index in [4.69, 9.17) is 9.84 Å². The molecule has 0 aromatic heterocycles. The van der Waals surface area contributed by atoms with Crippen LogP contribution in [0.5, 0.6) is 5.75 Å². The first-order valence-corrected chi connectivity index (χ1v) is 8.66. The van der Waals surface area contributed by atoms with Crippen molar-refractivity contribution in [3.05, 3.63) is 29.8 Å². The molecular formula is C18H19F3N2O6. The second-order valence-corrected chi connectivity index (χ2v) is 6.38. The van der Waals surface area contributed by atoms with Crippen LogP contribution in [-0.4, -0.2) is 59.4 Å². The molecule has 1 aliphatic heterocycles. The number of Topliss-reactive ketones (excluding diaryl/α,β-unsaturated/α-hetero) is 1. The molecule has 1 saturated heterocycles. The number of nitrogens with zero attached hydrogens (tertiary/aromatic N) is 1. The molecule has 1 atom stereocenters. The van der Waals surface area contributed by atoms with Gasteiger partial charge in [0.25, 0.3) is 0 Å². The number of carboxylic acid groups (broad SMARTS) is 1. The Balaban J connectivity index is 1.95. The SMILES string of the molecule is O=C(O)CNC(=O)C1C(=O)CCN(Cc2ccc(OCCC(F)(F)F)cc2)C1=O. The lowest BCUT2D eigenvalue weighted by Crippen LogP contribution is -2.52. The lowest BCUT2D eigenvalue weighted by molar-refractivity contribution is -0.152. The fraction of sp³-hybridized carbons (Fsp3) is 0.444. The number of halogens is 3. The lowest BCUT2D eigenvalue weighted by atomic mass is 9.94. The molecule has 29 heavy (non-hydrogen) atoms. The molecule has 11 heteroatoms. The van der Waals surface area contributed by atoms with Crippen molar-refractivity contribution in [3.63, 3.8) is 0 Å². The third-order valence-corrected chi connectivity index (χ3v) is 4.14. The summed E-state index contributed by atoms with van der Waals surface area (Å²) >= 11 is 0. The standard InChI is InChI=1S/C18H19F3N2O6/c19-18(20,21)6-8-29-12-3-1-11(2-4-12)10-23-7-5-13(24)15(17(23)28)16(27)22-9-14(25)26/h1-4,15H,5-10H2,(H,22,27)(H,25,26). The number of ether oxygens (including phenoxy) is 1. The highest BCUT2D eigenvalue weighted by Gasteiger charge is 2.40. The predicted molar refractivity (Wildman–Crippen MR) is 91.8 cm³/mol. The summed E-state index contributed by atoms with van der Waals surface area (Å²) < 4.78 is 41.4. The summed E-state index contributed by atoms with van der Waals surface area (Å²) in [6, 6.07) is 6.04. The normalized spacial score (nSPS) is 17.2. The van der Waals surface area contributed by atoms with E-state index in [0.29, 0.717) is 5.56 Å². The van der Waals surface area contributed by atoms with Crippen molar-refractivity contribution in [2.45, 2.75) is 25.6 Å². The molecule has 0 spiro atoms. The van der Waals surface area contributed by atoms with E-state index in [2.05, 4.69) is 0 Å². The molecule has 2 N–H and O–H groups in total. The maximum Gasteiger partial charge on any atom is 0.392 e. The van der Waals surface area contributed by atoms with Gasteiger partial charge in [0.1, 0.15) is 12.3 Å². The minimum Gasteiger partial charge on any atom is -0.493 e. The Hall–Kier alpha value is -3.11. The van der Waals surface area contributed by atoms with Gasteiger partial charge in [0.2, 0.25) is 11.8 Å². The van der Waals surface area contributed by atoms with Crippen LogP contribution in [0.3, 0.4) is 0 Å². The molecule has 1 fully saturated rings. The Morgan fingerprint density at radius 1 is 1.21 bits per heavy atom. The smallest absolute Gasteiger partial charge is 0.392 e. The van der Waals surface area contributed by atoms with Gasteiger partial charge in [-0.3, -0.25) is 19.2 Å². The topological polar surface area (TPSA) is 113 Å². The quantitative estimate of drug-likeness (QED) is 0.615. The Labute approximate surface area is 163 Å². The van der Waals surface area contributed by atoms with Crippen LogP contribution in [0.1, 0.15) is 18.4 Å². The maximum atomic E-state index is 12.5. The zero-order valence-electron chi connectivity index (χ0n) is 15.2. The number of alkyl halides is 3. The van der Waals surface area contributed by atoms with Crippen LogP contribution in [0.2, 0.25) is 0 Å². The number of likely N-dealkylation sites (tertiary alicyclic amines) is 1. The van der Waals surface area contributed by atoms with E-state index < -0.39 is 55.2 Å². The highest BCUT2D eigenvalue weighted by molar-refractivity contribution is 6.19. The zero-order valence-corrected chi connectivity index (χ0v) is 15.2. The molecule has 1 aromatic carbocycles. The number of carbonyl (C=O) groups is 4. The van der Waals surface area contributed by atoms with Crippen LogP contribution in [0.25, 0.3) is 0 Å². The molecule has 0 bridgehead atoms. The van der Waals surface area contributed by atoms with Crippen molar-refractivity contribution in [2.24, 2.45) is 5.92 Å². The molecule has 1 aliphatic rings. The average Bonchev–Trinajstić information content (AvgIpc) is 2.63. The zero-order chi connectivity index (χ0) is 21.6. The van der Waals surface area contributed by atoms with E-state index in [1.54, 1.807) is 12.1 Å². The minimum atomic E-state index is -4.31. The summed E-state index contributed by atoms with van der Waals surface area (Å²) in [5, 5.41) is 10.6. The number of carboxylic acids is 1. The van der Waals surface area contributed by atoms with Gasteiger partial charge < -0.3 is 20.1 Å². The number of piperidine rings is 1. The van der Waals surface area contributed by atoms with Crippen LogP contribution in [-0.2, 0) is 25.7 Å². The van der Waals surface area contributed by atoms with Gasteiger partial charge >= 0.3 is 12.1 Å². The molecular weight excluding hydrogens is 397 g/mol. The third-order valence-electron chi connectivity index (χ3n) is 4.14. The molecule has 1 aromatic rings. The highest BCUT2D eigenvalue weighted by atomic mass is 19.4. The fourth-order valence-corrected chi connectivity index (χ4v) is 2.70. The van der Waals surface area contributed by atoms with Gasteiger partial charge in [-0.1, -0.05) is 12.1 Å². The second-order valence-electron chi connectivity index (χ2n) is 6.38. The van der Waals surface area contributed by atoms with Crippen LogP contribution < -0.4 is 10.1 Å². The van der Waals surface area contributed by atoms with Crippen molar-refractivity contribution in [1.29, 1.82) is 0 Å².